The Morgan fingerprint density at radius 2 is 1.57 bits per heavy atom. The van der Waals surface area contributed by atoms with Gasteiger partial charge < -0.3 is 4.74 Å². The number of ketones is 1. The van der Waals surface area contributed by atoms with E-state index in [2.05, 4.69) is 0 Å². The van der Waals surface area contributed by atoms with Crippen molar-refractivity contribution in [2.75, 3.05) is 0 Å². The Hall–Kier alpha value is -2.88. The monoisotopic (exact) mass is 323 g/mol. The number of halogens is 4. The molecule has 0 aliphatic rings. The van der Waals surface area contributed by atoms with Gasteiger partial charge in [-0.05, 0) is 5.56 Å². The van der Waals surface area contributed by atoms with Crippen LogP contribution in [0.1, 0.15) is 22.3 Å². The Labute approximate surface area is 128 Å². The second-order valence-corrected chi connectivity index (χ2v) is 4.49. The molecular formula is C16H9F4NO2. The maximum Gasteiger partial charge on any atom is 0.204 e. The van der Waals surface area contributed by atoms with Gasteiger partial charge in [-0.1, -0.05) is 30.3 Å². The van der Waals surface area contributed by atoms with Gasteiger partial charge in [-0.25, -0.2) is 8.78 Å². The molecule has 0 aromatic heterocycles. The summed E-state index contributed by atoms with van der Waals surface area (Å²) < 4.78 is 60.2. The summed E-state index contributed by atoms with van der Waals surface area (Å²) >= 11 is 0. The van der Waals surface area contributed by atoms with Gasteiger partial charge in [0.1, 0.15) is 6.61 Å². The van der Waals surface area contributed by atoms with Crippen LogP contribution in [0.15, 0.2) is 30.3 Å². The number of Topliss-reactive ketones (excluding diaryl/α,β-unsaturated/α-hetero) is 1. The maximum absolute atomic E-state index is 13.9. The van der Waals surface area contributed by atoms with Crippen molar-refractivity contribution in [2.45, 2.75) is 13.0 Å². The minimum absolute atomic E-state index is 0.320. The van der Waals surface area contributed by atoms with Gasteiger partial charge in [0.2, 0.25) is 11.6 Å². The third-order valence-electron chi connectivity index (χ3n) is 2.97. The molecule has 0 saturated carbocycles. The van der Waals surface area contributed by atoms with Gasteiger partial charge in [-0.3, -0.25) is 4.79 Å². The molecule has 0 aliphatic carbocycles. The molecule has 0 heterocycles. The van der Waals surface area contributed by atoms with Crippen molar-refractivity contribution in [3.63, 3.8) is 0 Å². The number of rotatable bonds is 5. The van der Waals surface area contributed by atoms with Crippen molar-refractivity contribution in [3.8, 4) is 11.8 Å². The second kappa shape index (κ2) is 6.92. The van der Waals surface area contributed by atoms with Gasteiger partial charge in [0.25, 0.3) is 0 Å². The molecule has 0 N–H and O–H groups in total. The van der Waals surface area contributed by atoms with Crippen LogP contribution in [0, 0.1) is 34.6 Å². The first kappa shape index (κ1) is 16.5. The molecule has 2 rings (SSSR count). The van der Waals surface area contributed by atoms with Crippen molar-refractivity contribution in [1.29, 1.82) is 5.26 Å². The summed E-state index contributed by atoms with van der Waals surface area (Å²) in [4.78, 5) is 11.4. The molecule has 2 aromatic rings. The fourth-order valence-corrected chi connectivity index (χ4v) is 1.87. The number of hydrogen-bond donors (Lipinski definition) is 0. The van der Waals surface area contributed by atoms with E-state index in [1.54, 1.807) is 30.3 Å². The van der Waals surface area contributed by atoms with Crippen molar-refractivity contribution in [1.82, 2.24) is 0 Å². The molecule has 0 aliphatic heterocycles. The summed E-state index contributed by atoms with van der Waals surface area (Å²) in [6, 6.07) is 9.55. The third kappa shape index (κ3) is 3.31. The van der Waals surface area contributed by atoms with Crippen LogP contribution in [0.3, 0.4) is 0 Å². The first-order valence-corrected chi connectivity index (χ1v) is 6.40. The molecule has 0 atom stereocenters. The SMILES string of the molecule is N#CCC(=O)c1c(F)c(F)c(OCc2ccccc2)c(F)c1F. The van der Waals surface area contributed by atoms with Gasteiger partial charge in [-0.15, -0.1) is 0 Å². The largest absolute Gasteiger partial charge is 0.483 e. The first-order chi connectivity index (χ1) is 11.0. The summed E-state index contributed by atoms with van der Waals surface area (Å²) in [6.45, 7) is -0.320. The zero-order chi connectivity index (χ0) is 17.0. The van der Waals surface area contributed by atoms with Crippen molar-refractivity contribution in [2.24, 2.45) is 0 Å². The number of benzene rings is 2. The van der Waals surface area contributed by atoms with E-state index in [0.717, 1.165) is 0 Å². The highest BCUT2D eigenvalue weighted by Gasteiger charge is 2.30. The Morgan fingerprint density at radius 3 is 2.09 bits per heavy atom. The van der Waals surface area contributed by atoms with E-state index in [1.165, 1.54) is 6.07 Å². The van der Waals surface area contributed by atoms with Gasteiger partial charge in [0.15, 0.2) is 23.2 Å². The van der Waals surface area contributed by atoms with Crippen LogP contribution in [0.25, 0.3) is 0 Å². The molecule has 0 unspecified atom stereocenters. The number of carbonyl (C=O) groups excluding carboxylic acids is 1. The standard InChI is InChI=1S/C16H9F4NO2/c17-12-11(10(22)6-7-21)13(18)15(20)16(14(12)19)23-8-9-4-2-1-3-5-9/h1-5H,6,8H2. The lowest BCUT2D eigenvalue weighted by molar-refractivity contribution is 0.0986. The summed E-state index contributed by atoms with van der Waals surface area (Å²) in [6.07, 6.45) is -0.906. The fraction of sp³-hybridized carbons (Fsp3) is 0.125. The highest BCUT2D eigenvalue weighted by atomic mass is 19.2. The molecule has 118 valence electrons. The van der Waals surface area contributed by atoms with Crippen LogP contribution in [0.4, 0.5) is 17.6 Å². The normalized spacial score (nSPS) is 10.2. The summed E-state index contributed by atoms with van der Waals surface area (Å²) in [5, 5.41) is 8.36. The first-order valence-electron chi connectivity index (χ1n) is 6.40. The molecule has 2 aromatic carbocycles. The number of ether oxygens (including phenoxy) is 1. The Kier molecular flexibility index (Phi) is 4.96. The molecule has 0 spiro atoms. The topological polar surface area (TPSA) is 50.1 Å². The molecule has 0 saturated heterocycles. The molecule has 3 nitrogen and oxygen atoms in total. The number of hydrogen-bond acceptors (Lipinski definition) is 3. The molecule has 7 heteroatoms. The average molecular weight is 323 g/mol. The van der Waals surface area contributed by atoms with Crippen molar-refractivity contribution >= 4 is 5.78 Å². The Bertz CT molecular complexity index is 756. The minimum Gasteiger partial charge on any atom is -0.483 e. The van der Waals surface area contributed by atoms with Crippen LogP contribution in [-0.4, -0.2) is 5.78 Å². The van der Waals surface area contributed by atoms with Crippen LogP contribution in [0.2, 0.25) is 0 Å². The Balaban J connectivity index is 2.39. The van der Waals surface area contributed by atoms with Gasteiger partial charge in [-0.2, -0.15) is 14.0 Å². The highest BCUT2D eigenvalue weighted by molar-refractivity contribution is 5.98. The van der Waals surface area contributed by atoms with Crippen LogP contribution < -0.4 is 4.74 Å². The number of nitrogens with zero attached hydrogens (tertiary/aromatic N) is 1. The fourth-order valence-electron chi connectivity index (χ4n) is 1.87. The van der Waals surface area contributed by atoms with Gasteiger partial charge >= 0.3 is 0 Å². The third-order valence-corrected chi connectivity index (χ3v) is 2.97. The zero-order valence-electron chi connectivity index (χ0n) is 11.6. The molecule has 0 amide bonds. The molecular weight excluding hydrogens is 314 g/mol. The summed E-state index contributed by atoms with van der Waals surface area (Å²) in [5.74, 6) is -10.0. The molecule has 0 bridgehead atoms. The second-order valence-electron chi connectivity index (χ2n) is 4.49. The van der Waals surface area contributed by atoms with E-state index in [1.807, 2.05) is 0 Å². The van der Waals surface area contributed by atoms with Crippen LogP contribution in [0.5, 0.6) is 5.75 Å². The zero-order valence-corrected chi connectivity index (χ0v) is 11.6. The summed E-state index contributed by atoms with van der Waals surface area (Å²) in [5.41, 5.74) is -0.898. The van der Waals surface area contributed by atoms with E-state index in [0.29, 0.717) is 5.56 Å². The van der Waals surface area contributed by atoms with E-state index >= 15 is 0 Å². The predicted molar refractivity (Wildman–Crippen MR) is 71.6 cm³/mol. The van der Waals surface area contributed by atoms with Crippen molar-refractivity contribution in [3.05, 3.63) is 64.7 Å². The van der Waals surface area contributed by atoms with Crippen LogP contribution >= 0.6 is 0 Å². The van der Waals surface area contributed by atoms with E-state index in [9.17, 15) is 22.4 Å². The van der Waals surface area contributed by atoms with Crippen molar-refractivity contribution < 1.29 is 27.1 Å². The van der Waals surface area contributed by atoms with E-state index in [4.69, 9.17) is 10.00 Å². The molecule has 23 heavy (non-hydrogen) atoms. The minimum atomic E-state index is -1.88. The van der Waals surface area contributed by atoms with E-state index in [-0.39, 0.29) is 6.61 Å². The quantitative estimate of drug-likeness (QED) is 0.476. The molecule has 0 fully saturated rings. The van der Waals surface area contributed by atoms with E-state index < -0.39 is 46.8 Å². The molecule has 0 radical (unpaired) electrons. The van der Waals surface area contributed by atoms with Gasteiger partial charge in [0.05, 0.1) is 18.1 Å². The smallest absolute Gasteiger partial charge is 0.204 e. The predicted octanol–water partition coefficient (Wildman–Crippen LogP) is 3.92. The Morgan fingerprint density at radius 1 is 1.00 bits per heavy atom. The lowest BCUT2D eigenvalue weighted by Gasteiger charge is -2.12. The maximum atomic E-state index is 13.9. The van der Waals surface area contributed by atoms with Gasteiger partial charge in [0, 0.05) is 0 Å². The highest BCUT2D eigenvalue weighted by Crippen LogP contribution is 2.31. The van der Waals surface area contributed by atoms with Crippen LogP contribution in [-0.2, 0) is 6.61 Å². The summed E-state index contributed by atoms with van der Waals surface area (Å²) in [7, 11) is 0. The average Bonchev–Trinajstić information content (AvgIpc) is 2.54. The number of carbonyl (C=O) groups is 1. The lowest BCUT2D eigenvalue weighted by atomic mass is 10.1. The number of nitriles is 1. The lowest BCUT2D eigenvalue weighted by Crippen LogP contribution is -2.12.